The van der Waals surface area contributed by atoms with Crippen LogP contribution in [0.15, 0.2) is 60.6 Å². The van der Waals surface area contributed by atoms with Gasteiger partial charge in [0.15, 0.2) is 0 Å². The quantitative estimate of drug-likeness (QED) is 0.782. The molecule has 0 unspecified atom stereocenters. The standard InChI is InChI=1S/C18H18O2/c1-13-12-18(13,14-4-8-16(19-2)9-5-14)15-6-10-17(20-3)11-7-15/h4-11H,1,12H2,2-3H3/i1D2. The molecule has 20 heavy (non-hydrogen) atoms. The number of rotatable bonds is 4. The van der Waals surface area contributed by atoms with E-state index in [0.29, 0.717) is 6.42 Å². The van der Waals surface area contributed by atoms with E-state index in [-0.39, 0.29) is 11.9 Å². The molecule has 1 fully saturated rings. The van der Waals surface area contributed by atoms with Crippen LogP contribution < -0.4 is 9.47 Å². The Morgan fingerprint density at radius 3 is 1.65 bits per heavy atom. The largest absolute Gasteiger partial charge is 0.497 e. The molecule has 0 saturated heterocycles. The minimum absolute atomic E-state index is 0.0911. The highest BCUT2D eigenvalue weighted by atomic mass is 16.5. The van der Waals surface area contributed by atoms with E-state index in [1.807, 2.05) is 48.5 Å². The first-order valence-electron chi connectivity index (χ1n) is 7.57. The Labute approximate surface area is 122 Å². The molecular formula is C18H18O2. The Balaban J connectivity index is 2.07. The summed E-state index contributed by atoms with van der Waals surface area (Å²) < 4.78 is 25.8. The maximum absolute atomic E-state index is 7.70. The van der Waals surface area contributed by atoms with Crippen molar-refractivity contribution in [1.82, 2.24) is 0 Å². The fourth-order valence-corrected chi connectivity index (χ4v) is 2.69. The van der Waals surface area contributed by atoms with Crippen molar-refractivity contribution in [3.05, 3.63) is 71.8 Å². The van der Waals surface area contributed by atoms with Gasteiger partial charge >= 0.3 is 0 Å². The summed E-state index contributed by atoms with van der Waals surface area (Å²) in [4.78, 5) is 0. The Kier molecular flexibility index (Phi) is 2.49. The summed E-state index contributed by atoms with van der Waals surface area (Å²) in [5.41, 5.74) is 2.68. The molecule has 0 atom stereocenters. The Hall–Kier alpha value is -2.22. The van der Waals surface area contributed by atoms with Crippen LogP contribution in [0.2, 0.25) is 0 Å². The topological polar surface area (TPSA) is 18.5 Å². The predicted octanol–water partition coefficient (Wildman–Crippen LogP) is 3.95. The average Bonchev–Trinajstić information content (AvgIpc) is 3.32. The van der Waals surface area contributed by atoms with Crippen molar-refractivity contribution in [1.29, 1.82) is 0 Å². The van der Waals surface area contributed by atoms with E-state index in [9.17, 15) is 0 Å². The second-order valence-electron chi connectivity index (χ2n) is 5.02. The molecule has 102 valence electrons. The van der Waals surface area contributed by atoms with Crippen LogP contribution in [-0.4, -0.2) is 14.2 Å². The van der Waals surface area contributed by atoms with E-state index in [2.05, 4.69) is 0 Å². The van der Waals surface area contributed by atoms with Crippen LogP contribution in [0.1, 0.15) is 20.3 Å². The van der Waals surface area contributed by atoms with E-state index in [1.54, 1.807) is 14.2 Å². The van der Waals surface area contributed by atoms with Gasteiger partial charge in [0.2, 0.25) is 0 Å². The van der Waals surface area contributed by atoms with E-state index < -0.39 is 0 Å². The van der Waals surface area contributed by atoms with Gasteiger partial charge in [-0.15, -0.1) is 0 Å². The van der Waals surface area contributed by atoms with Gasteiger partial charge < -0.3 is 9.47 Å². The fourth-order valence-electron chi connectivity index (χ4n) is 2.69. The lowest BCUT2D eigenvalue weighted by Crippen LogP contribution is -2.09. The molecule has 0 bridgehead atoms. The van der Waals surface area contributed by atoms with E-state index in [4.69, 9.17) is 12.2 Å². The number of hydrogen-bond donors (Lipinski definition) is 0. The summed E-state index contributed by atoms with van der Waals surface area (Å²) in [7, 11) is 3.28. The number of ether oxygens (including phenoxy) is 2. The molecule has 3 rings (SSSR count). The fraction of sp³-hybridized carbons (Fsp3) is 0.222. The lowest BCUT2D eigenvalue weighted by Gasteiger charge is -2.17. The Bertz CT molecular complexity index is 651. The number of allylic oxidation sites excluding steroid dienone is 1. The molecule has 0 spiro atoms. The first-order valence-corrected chi connectivity index (χ1v) is 6.57. The minimum Gasteiger partial charge on any atom is -0.497 e. The third-order valence-electron chi connectivity index (χ3n) is 4.00. The third kappa shape index (κ3) is 1.88. The molecule has 2 aromatic carbocycles. The highest BCUT2D eigenvalue weighted by Crippen LogP contribution is 2.57. The van der Waals surface area contributed by atoms with Gasteiger partial charge in [-0.1, -0.05) is 36.4 Å². The Morgan fingerprint density at radius 1 is 0.900 bits per heavy atom. The van der Waals surface area contributed by atoms with Gasteiger partial charge in [-0.2, -0.15) is 0 Å². The van der Waals surface area contributed by atoms with Gasteiger partial charge in [0.25, 0.3) is 0 Å². The molecule has 2 aromatic rings. The molecule has 0 amide bonds. The molecule has 2 heteroatoms. The molecular weight excluding hydrogens is 248 g/mol. The van der Waals surface area contributed by atoms with E-state index in [1.165, 1.54) is 0 Å². The summed E-state index contributed by atoms with van der Waals surface area (Å²) >= 11 is 0. The first-order chi connectivity index (χ1) is 10.6. The van der Waals surface area contributed by atoms with E-state index >= 15 is 0 Å². The maximum Gasteiger partial charge on any atom is 0.118 e. The van der Waals surface area contributed by atoms with Crippen molar-refractivity contribution < 1.29 is 12.2 Å². The van der Waals surface area contributed by atoms with Crippen LogP contribution >= 0.6 is 0 Å². The van der Waals surface area contributed by atoms with Crippen LogP contribution in [0.25, 0.3) is 0 Å². The number of hydrogen-bond acceptors (Lipinski definition) is 2. The van der Waals surface area contributed by atoms with Gasteiger partial charge in [0.05, 0.1) is 17.0 Å². The third-order valence-corrected chi connectivity index (χ3v) is 4.00. The molecule has 0 radical (unpaired) electrons. The molecule has 2 nitrogen and oxygen atoms in total. The zero-order valence-corrected chi connectivity index (χ0v) is 11.6. The zero-order chi connectivity index (χ0) is 15.7. The summed E-state index contributed by atoms with van der Waals surface area (Å²) in [5, 5.41) is 0. The van der Waals surface area contributed by atoms with Crippen molar-refractivity contribution >= 4 is 0 Å². The smallest absolute Gasteiger partial charge is 0.118 e. The summed E-state index contributed by atoms with van der Waals surface area (Å²) in [6.45, 7) is -0.0911. The predicted molar refractivity (Wildman–Crippen MR) is 80.5 cm³/mol. The highest BCUT2D eigenvalue weighted by Gasteiger charge is 2.50. The van der Waals surface area contributed by atoms with Crippen LogP contribution in [-0.2, 0) is 5.41 Å². The number of benzene rings is 2. The van der Waals surface area contributed by atoms with Crippen molar-refractivity contribution in [2.75, 3.05) is 14.2 Å². The van der Waals surface area contributed by atoms with Crippen molar-refractivity contribution in [3.8, 4) is 11.5 Å². The highest BCUT2D eigenvalue weighted by molar-refractivity contribution is 5.60. The summed E-state index contributed by atoms with van der Waals surface area (Å²) in [5.74, 6) is 1.61. The van der Waals surface area contributed by atoms with Crippen LogP contribution in [0, 0.1) is 0 Å². The molecule has 1 aliphatic rings. The number of methoxy groups -OCH3 is 2. The monoisotopic (exact) mass is 268 g/mol. The van der Waals surface area contributed by atoms with Crippen LogP contribution in [0.3, 0.4) is 0 Å². The van der Waals surface area contributed by atoms with Gasteiger partial charge in [0.1, 0.15) is 11.5 Å². The molecule has 0 aliphatic heterocycles. The van der Waals surface area contributed by atoms with Crippen LogP contribution in [0.5, 0.6) is 11.5 Å². The molecule has 1 saturated carbocycles. The lowest BCUT2D eigenvalue weighted by atomic mass is 9.87. The lowest BCUT2D eigenvalue weighted by molar-refractivity contribution is 0.414. The maximum atomic E-state index is 7.70. The molecule has 0 heterocycles. The first kappa shape index (κ1) is 10.6. The molecule has 0 aromatic heterocycles. The summed E-state index contributed by atoms with van der Waals surface area (Å²) in [6.07, 6.45) is 0.716. The molecule has 1 aliphatic carbocycles. The minimum atomic E-state index is -0.350. The van der Waals surface area contributed by atoms with Crippen LogP contribution in [0.4, 0.5) is 0 Å². The SMILES string of the molecule is [2H]C([2H])=C1CC1(c1ccc(OC)cc1)c1ccc(OC)cc1. The Morgan fingerprint density at radius 2 is 1.35 bits per heavy atom. The van der Waals surface area contributed by atoms with E-state index in [0.717, 1.165) is 28.2 Å². The van der Waals surface area contributed by atoms with Crippen molar-refractivity contribution in [2.24, 2.45) is 0 Å². The van der Waals surface area contributed by atoms with Gasteiger partial charge in [-0.05, 0) is 41.8 Å². The van der Waals surface area contributed by atoms with Crippen molar-refractivity contribution in [2.45, 2.75) is 11.8 Å². The second kappa shape index (κ2) is 4.71. The van der Waals surface area contributed by atoms with Crippen molar-refractivity contribution in [3.63, 3.8) is 0 Å². The zero-order valence-electron chi connectivity index (χ0n) is 13.6. The second-order valence-corrected chi connectivity index (χ2v) is 5.02. The molecule has 0 N–H and O–H groups in total. The van der Waals surface area contributed by atoms with Gasteiger partial charge in [-0.3, -0.25) is 0 Å². The average molecular weight is 268 g/mol. The summed E-state index contributed by atoms with van der Waals surface area (Å²) in [6, 6.07) is 15.7. The van der Waals surface area contributed by atoms with Gasteiger partial charge in [-0.25, -0.2) is 0 Å². The van der Waals surface area contributed by atoms with Gasteiger partial charge in [0, 0.05) is 5.41 Å². The normalized spacial score (nSPS) is 17.0.